The third-order valence-corrected chi connectivity index (χ3v) is 2.78. The Labute approximate surface area is 83.7 Å². The van der Waals surface area contributed by atoms with Crippen molar-refractivity contribution >= 4 is 0 Å². The molecule has 1 aliphatic rings. The van der Waals surface area contributed by atoms with Crippen molar-refractivity contribution in [1.29, 1.82) is 0 Å². The maximum atomic E-state index is 11.9. The first kappa shape index (κ1) is 11.0. The molecule has 1 aliphatic heterocycles. The van der Waals surface area contributed by atoms with Crippen molar-refractivity contribution in [3.05, 3.63) is 15.3 Å². The van der Waals surface area contributed by atoms with Crippen LogP contribution < -0.4 is 0 Å². The van der Waals surface area contributed by atoms with E-state index in [4.69, 9.17) is 5.53 Å². The van der Waals surface area contributed by atoms with Crippen LogP contribution in [0.3, 0.4) is 0 Å². The first-order chi connectivity index (χ1) is 6.29. The van der Waals surface area contributed by atoms with E-state index in [1.54, 1.807) is 0 Å². The quantitative estimate of drug-likeness (QED) is 0.276. The molecule has 0 saturated carbocycles. The maximum Gasteiger partial charge on any atom is 0.206 e. The molecule has 0 aliphatic carbocycles. The van der Waals surface area contributed by atoms with Gasteiger partial charge in [-0.1, -0.05) is 5.11 Å². The van der Waals surface area contributed by atoms with Crippen LogP contribution in [0.5, 0.6) is 0 Å². The van der Waals surface area contributed by atoms with E-state index in [0.29, 0.717) is 12.8 Å². The predicted octanol–water partition coefficient (Wildman–Crippen LogP) is 2.80. The summed E-state index contributed by atoms with van der Waals surface area (Å²) in [6, 6.07) is -0.0600. The van der Waals surface area contributed by atoms with E-state index in [-0.39, 0.29) is 6.04 Å². The Morgan fingerprint density at radius 2 is 1.71 bits per heavy atom. The summed E-state index contributed by atoms with van der Waals surface area (Å²) in [6.07, 6.45) is 1.26. The van der Waals surface area contributed by atoms with Crippen molar-refractivity contribution in [2.75, 3.05) is 0 Å². The van der Waals surface area contributed by atoms with Crippen LogP contribution in [-0.4, -0.2) is 21.9 Å². The van der Waals surface area contributed by atoms with Crippen molar-refractivity contribution in [2.45, 2.75) is 57.7 Å². The molecule has 0 radical (unpaired) electrons. The van der Waals surface area contributed by atoms with Gasteiger partial charge in [0, 0.05) is 55.1 Å². The maximum absolute atomic E-state index is 11.9. The Morgan fingerprint density at radius 1 is 1.29 bits per heavy atom. The van der Waals surface area contributed by atoms with Crippen molar-refractivity contribution in [1.82, 2.24) is 0 Å². The minimum Gasteiger partial charge on any atom is -0.0901 e. The standard InChI is InChI=1S/C9H17N4O/c1-8(2)5-7(11-12-10)6-9(3,4)13(8)14/h7H,5-6H2,1-4H3/q+1. The van der Waals surface area contributed by atoms with Crippen LogP contribution in [0.25, 0.3) is 10.4 Å². The van der Waals surface area contributed by atoms with Crippen LogP contribution in [0.2, 0.25) is 0 Å². The van der Waals surface area contributed by atoms with Gasteiger partial charge in [0.25, 0.3) is 0 Å². The second kappa shape index (κ2) is 3.24. The zero-order chi connectivity index (χ0) is 11.0. The highest BCUT2D eigenvalue weighted by Crippen LogP contribution is 2.35. The molecule has 0 aromatic rings. The fourth-order valence-electron chi connectivity index (χ4n) is 2.37. The van der Waals surface area contributed by atoms with E-state index in [1.807, 2.05) is 27.7 Å². The summed E-state index contributed by atoms with van der Waals surface area (Å²) in [5, 5.41) is 3.72. The fraction of sp³-hybridized carbons (Fsp3) is 1.00. The molecule has 5 nitrogen and oxygen atoms in total. The molecule has 1 rings (SSSR count). The smallest absolute Gasteiger partial charge is 0.0901 e. The van der Waals surface area contributed by atoms with E-state index < -0.39 is 11.1 Å². The molecule has 0 aromatic carbocycles. The van der Waals surface area contributed by atoms with E-state index in [9.17, 15) is 4.91 Å². The molecule has 0 spiro atoms. The molecule has 1 heterocycles. The zero-order valence-corrected chi connectivity index (χ0v) is 9.19. The van der Waals surface area contributed by atoms with Gasteiger partial charge in [-0.15, -0.1) is 0 Å². The Hall–Kier alpha value is -1.09. The monoisotopic (exact) mass is 197 g/mol. The van der Waals surface area contributed by atoms with Gasteiger partial charge in [0.05, 0.1) is 6.04 Å². The average molecular weight is 197 g/mol. The summed E-state index contributed by atoms with van der Waals surface area (Å²) < 4.78 is 1.13. The van der Waals surface area contributed by atoms with E-state index in [2.05, 4.69) is 10.0 Å². The normalized spacial score (nSPS) is 25.6. The van der Waals surface area contributed by atoms with Gasteiger partial charge < -0.3 is 0 Å². The molecule has 0 unspecified atom stereocenters. The second-order valence-corrected chi connectivity index (χ2v) is 5.19. The summed E-state index contributed by atoms with van der Waals surface area (Å²) >= 11 is 0. The number of piperidine rings is 1. The summed E-state index contributed by atoms with van der Waals surface area (Å²) in [5.74, 6) is 0. The highest BCUT2D eigenvalue weighted by Gasteiger charge is 2.53. The number of hydrogen-bond acceptors (Lipinski definition) is 2. The van der Waals surface area contributed by atoms with Gasteiger partial charge in [-0.3, -0.25) is 0 Å². The minimum absolute atomic E-state index is 0.0600. The highest BCUT2D eigenvalue weighted by atomic mass is 16.3. The van der Waals surface area contributed by atoms with Gasteiger partial charge in [-0.2, -0.15) is 0 Å². The number of nitroso groups, excluding NO2 is 1. The highest BCUT2D eigenvalue weighted by molar-refractivity contribution is 4.89. The van der Waals surface area contributed by atoms with Gasteiger partial charge in [0.15, 0.2) is 0 Å². The summed E-state index contributed by atoms with van der Waals surface area (Å²) in [7, 11) is 0. The van der Waals surface area contributed by atoms with Crippen LogP contribution in [0, 0.1) is 4.91 Å². The first-order valence-corrected chi connectivity index (χ1v) is 4.81. The van der Waals surface area contributed by atoms with Crippen LogP contribution in [0.4, 0.5) is 0 Å². The van der Waals surface area contributed by atoms with Gasteiger partial charge in [0.2, 0.25) is 11.1 Å². The largest absolute Gasteiger partial charge is 0.206 e. The van der Waals surface area contributed by atoms with Gasteiger partial charge in [0.1, 0.15) is 0 Å². The number of azide groups is 1. The zero-order valence-electron chi connectivity index (χ0n) is 9.19. The van der Waals surface area contributed by atoms with Crippen LogP contribution in [0.1, 0.15) is 40.5 Å². The molecule has 5 heteroatoms. The van der Waals surface area contributed by atoms with Gasteiger partial charge >= 0.3 is 0 Å². The number of nitrogens with zero attached hydrogens (tertiary/aromatic N) is 4. The molecule has 0 bridgehead atoms. The van der Waals surface area contributed by atoms with E-state index in [0.717, 1.165) is 4.76 Å². The Bertz CT molecular complexity index is 282. The third kappa shape index (κ3) is 1.87. The lowest BCUT2D eigenvalue weighted by molar-refractivity contribution is -0.692. The van der Waals surface area contributed by atoms with Gasteiger partial charge in [-0.05, 0) is 5.53 Å². The molecule has 0 aromatic heterocycles. The summed E-state index contributed by atoms with van der Waals surface area (Å²) in [5.41, 5.74) is 7.50. The molecule has 0 N–H and O–H groups in total. The lowest BCUT2D eigenvalue weighted by Crippen LogP contribution is -2.54. The molecular formula is C9H17N4O+. The Kier molecular flexibility index (Phi) is 2.54. The van der Waals surface area contributed by atoms with Crippen LogP contribution >= 0.6 is 0 Å². The SMILES string of the molecule is CC1(C)CC(N=[N+]=[N-])CC(C)(C)[N+]1=O. The fourth-order valence-corrected chi connectivity index (χ4v) is 2.37. The second-order valence-electron chi connectivity index (χ2n) is 5.19. The third-order valence-electron chi connectivity index (χ3n) is 2.78. The van der Waals surface area contributed by atoms with E-state index in [1.165, 1.54) is 0 Å². The molecule has 78 valence electrons. The molecule has 0 atom stereocenters. The Balaban J connectivity index is 2.97. The number of hydrogen-bond donors (Lipinski definition) is 0. The molecular weight excluding hydrogens is 180 g/mol. The summed E-state index contributed by atoms with van der Waals surface area (Å²) in [4.78, 5) is 14.7. The van der Waals surface area contributed by atoms with Crippen molar-refractivity contribution in [2.24, 2.45) is 5.11 Å². The predicted molar refractivity (Wildman–Crippen MR) is 54.0 cm³/mol. The molecule has 0 amide bonds. The number of rotatable bonds is 1. The van der Waals surface area contributed by atoms with Gasteiger partial charge in [-0.25, -0.2) is 0 Å². The van der Waals surface area contributed by atoms with Crippen molar-refractivity contribution < 1.29 is 4.76 Å². The molecule has 1 saturated heterocycles. The topological polar surface area (TPSA) is 68.8 Å². The molecule has 1 fully saturated rings. The lowest BCUT2D eigenvalue weighted by Gasteiger charge is -2.34. The van der Waals surface area contributed by atoms with Crippen molar-refractivity contribution in [3.8, 4) is 0 Å². The molecule has 14 heavy (non-hydrogen) atoms. The summed E-state index contributed by atoms with van der Waals surface area (Å²) in [6.45, 7) is 7.56. The van der Waals surface area contributed by atoms with E-state index >= 15 is 0 Å². The minimum atomic E-state index is -0.444. The lowest BCUT2D eigenvalue weighted by atomic mass is 9.80. The van der Waals surface area contributed by atoms with Crippen molar-refractivity contribution in [3.63, 3.8) is 0 Å². The average Bonchev–Trinajstić information content (AvgIpc) is 1.99. The first-order valence-electron chi connectivity index (χ1n) is 4.81. The van der Waals surface area contributed by atoms with Crippen LogP contribution in [-0.2, 0) is 0 Å². The Morgan fingerprint density at radius 3 is 2.07 bits per heavy atom. The van der Waals surface area contributed by atoms with Crippen LogP contribution in [0.15, 0.2) is 5.11 Å².